The van der Waals surface area contributed by atoms with Crippen LogP contribution in [-0.2, 0) is 4.79 Å². The van der Waals surface area contributed by atoms with Gasteiger partial charge in [0.1, 0.15) is 6.04 Å². The number of halogens is 2. The normalized spacial score (nSPS) is 25.5. The zero-order valence-electron chi connectivity index (χ0n) is 7.17. The van der Waals surface area contributed by atoms with Crippen LogP contribution in [0, 0.1) is 5.92 Å². The monoisotopic (exact) mass is 193 g/mol. The van der Waals surface area contributed by atoms with E-state index in [-0.39, 0.29) is 31.6 Å². The molecule has 0 amide bonds. The van der Waals surface area contributed by atoms with Crippen LogP contribution in [-0.4, -0.2) is 23.0 Å². The van der Waals surface area contributed by atoms with Gasteiger partial charge in [0.05, 0.1) is 0 Å². The maximum absolute atomic E-state index is 12.7. The Balaban J connectivity index is 2.45. The van der Waals surface area contributed by atoms with E-state index in [2.05, 4.69) is 0 Å². The lowest BCUT2D eigenvalue weighted by atomic mass is 9.82. The molecule has 0 radical (unpaired) electrons. The summed E-state index contributed by atoms with van der Waals surface area (Å²) in [5.41, 5.74) is 5.34. The van der Waals surface area contributed by atoms with Crippen molar-refractivity contribution in [3.05, 3.63) is 0 Å². The fraction of sp³-hybridized carbons (Fsp3) is 0.875. The average Bonchev–Trinajstić information content (AvgIpc) is 2.03. The summed E-state index contributed by atoms with van der Waals surface area (Å²) in [6.07, 6.45) is -0.0573. The minimum atomic E-state index is -2.62. The summed E-state index contributed by atoms with van der Waals surface area (Å²) in [5, 5.41) is 8.55. The van der Waals surface area contributed by atoms with Crippen molar-refractivity contribution in [3.8, 4) is 0 Å². The molecular weight excluding hydrogens is 180 g/mol. The molecule has 0 saturated heterocycles. The number of alkyl halides is 2. The van der Waals surface area contributed by atoms with Crippen LogP contribution < -0.4 is 5.73 Å². The Hall–Kier alpha value is -0.710. The SMILES string of the molecule is N[C@@H](C(=O)O)C1CCC(F)(F)CC1. The van der Waals surface area contributed by atoms with Crippen molar-refractivity contribution in [1.29, 1.82) is 0 Å². The molecule has 3 N–H and O–H groups in total. The minimum Gasteiger partial charge on any atom is -0.480 e. The predicted molar refractivity (Wildman–Crippen MR) is 42.5 cm³/mol. The van der Waals surface area contributed by atoms with Crippen LogP contribution in [0.25, 0.3) is 0 Å². The predicted octanol–water partition coefficient (Wildman–Crippen LogP) is 1.22. The fourth-order valence-corrected chi connectivity index (χ4v) is 1.62. The standard InChI is InChI=1S/C8H13F2NO2/c9-8(10)3-1-5(2-4-8)6(11)7(12)13/h5-6H,1-4,11H2,(H,12,13)/t6-/m1/s1. The highest BCUT2D eigenvalue weighted by atomic mass is 19.3. The number of nitrogens with two attached hydrogens (primary N) is 1. The van der Waals surface area contributed by atoms with Gasteiger partial charge in [-0.15, -0.1) is 0 Å². The lowest BCUT2D eigenvalue weighted by Gasteiger charge is -2.30. The van der Waals surface area contributed by atoms with Crippen molar-refractivity contribution in [2.24, 2.45) is 11.7 Å². The van der Waals surface area contributed by atoms with Gasteiger partial charge in [-0.25, -0.2) is 8.78 Å². The number of hydrogen-bond donors (Lipinski definition) is 2. The molecule has 1 aliphatic carbocycles. The average molecular weight is 193 g/mol. The number of rotatable bonds is 2. The van der Waals surface area contributed by atoms with Gasteiger partial charge in [0.25, 0.3) is 0 Å². The summed E-state index contributed by atoms with van der Waals surface area (Å²) in [6.45, 7) is 0. The van der Waals surface area contributed by atoms with Crippen LogP contribution in [0.4, 0.5) is 8.78 Å². The first-order valence-electron chi connectivity index (χ1n) is 4.28. The van der Waals surface area contributed by atoms with Crippen molar-refractivity contribution >= 4 is 5.97 Å². The molecule has 1 aliphatic rings. The summed E-state index contributed by atoms with van der Waals surface area (Å²) < 4.78 is 25.3. The van der Waals surface area contributed by atoms with Gasteiger partial charge in [-0.3, -0.25) is 4.79 Å². The van der Waals surface area contributed by atoms with Gasteiger partial charge < -0.3 is 10.8 Å². The molecule has 1 fully saturated rings. The molecule has 3 nitrogen and oxygen atoms in total. The van der Waals surface area contributed by atoms with E-state index < -0.39 is 17.9 Å². The van der Waals surface area contributed by atoms with E-state index in [4.69, 9.17) is 10.8 Å². The highest BCUT2D eigenvalue weighted by Crippen LogP contribution is 2.36. The summed E-state index contributed by atoms with van der Waals surface area (Å²) in [5.74, 6) is -4.01. The zero-order valence-corrected chi connectivity index (χ0v) is 7.17. The quantitative estimate of drug-likeness (QED) is 0.693. The first-order chi connectivity index (χ1) is 5.92. The van der Waals surface area contributed by atoms with Gasteiger partial charge in [-0.05, 0) is 18.8 Å². The van der Waals surface area contributed by atoms with Crippen LogP contribution >= 0.6 is 0 Å². The smallest absolute Gasteiger partial charge is 0.320 e. The van der Waals surface area contributed by atoms with Crippen molar-refractivity contribution in [2.45, 2.75) is 37.6 Å². The van der Waals surface area contributed by atoms with E-state index in [9.17, 15) is 13.6 Å². The molecule has 0 bridgehead atoms. The molecule has 13 heavy (non-hydrogen) atoms. The van der Waals surface area contributed by atoms with Gasteiger partial charge in [-0.2, -0.15) is 0 Å². The number of aliphatic carboxylic acids is 1. The molecule has 0 spiro atoms. The van der Waals surface area contributed by atoms with Gasteiger partial charge in [0.2, 0.25) is 5.92 Å². The molecule has 1 saturated carbocycles. The minimum absolute atomic E-state index is 0.209. The number of hydrogen-bond acceptors (Lipinski definition) is 2. The highest BCUT2D eigenvalue weighted by molar-refractivity contribution is 5.73. The molecule has 0 aliphatic heterocycles. The van der Waals surface area contributed by atoms with Crippen LogP contribution in [0.1, 0.15) is 25.7 Å². The summed E-state index contributed by atoms with van der Waals surface area (Å²) in [7, 11) is 0. The second-order valence-electron chi connectivity index (χ2n) is 3.56. The summed E-state index contributed by atoms with van der Waals surface area (Å²) in [4.78, 5) is 10.4. The van der Waals surface area contributed by atoms with E-state index >= 15 is 0 Å². The van der Waals surface area contributed by atoms with E-state index in [0.717, 1.165) is 0 Å². The Morgan fingerprint density at radius 3 is 2.31 bits per heavy atom. The second kappa shape index (κ2) is 3.57. The Morgan fingerprint density at radius 2 is 1.92 bits per heavy atom. The Labute approximate surface area is 74.9 Å². The van der Waals surface area contributed by atoms with Gasteiger partial charge in [-0.1, -0.05) is 0 Å². The first-order valence-corrected chi connectivity index (χ1v) is 4.28. The molecule has 0 aromatic heterocycles. The van der Waals surface area contributed by atoms with E-state index in [0.29, 0.717) is 0 Å². The van der Waals surface area contributed by atoms with Gasteiger partial charge >= 0.3 is 5.97 Å². The van der Waals surface area contributed by atoms with Crippen molar-refractivity contribution in [3.63, 3.8) is 0 Å². The molecule has 5 heteroatoms. The largest absolute Gasteiger partial charge is 0.480 e. The molecule has 0 heterocycles. The molecular formula is C8H13F2NO2. The number of carbonyl (C=O) groups is 1. The van der Waals surface area contributed by atoms with E-state index in [1.54, 1.807) is 0 Å². The molecule has 0 aromatic carbocycles. The molecule has 0 aromatic rings. The Bertz CT molecular complexity index is 198. The van der Waals surface area contributed by atoms with Gasteiger partial charge in [0.15, 0.2) is 0 Å². The molecule has 1 rings (SSSR count). The summed E-state index contributed by atoms with van der Waals surface area (Å²) >= 11 is 0. The van der Waals surface area contributed by atoms with Gasteiger partial charge in [0, 0.05) is 12.8 Å². The number of carboxylic acids is 1. The maximum Gasteiger partial charge on any atom is 0.320 e. The lowest BCUT2D eigenvalue weighted by Crippen LogP contribution is -2.41. The zero-order chi connectivity index (χ0) is 10.1. The fourth-order valence-electron chi connectivity index (χ4n) is 1.62. The molecule has 1 atom stereocenters. The third kappa shape index (κ3) is 2.62. The number of carboxylic acid groups (broad SMARTS) is 1. The van der Waals surface area contributed by atoms with Crippen LogP contribution in [0.5, 0.6) is 0 Å². The topological polar surface area (TPSA) is 63.3 Å². The second-order valence-corrected chi connectivity index (χ2v) is 3.56. The molecule has 0 unspecified atom stereocenters. The van der Waals surface area contributed by atoms with Crippen LogP contribution in [0.3, 0.4) is 0 Å². The summed E-state index contributed by atoms with van der Waals surface area (Å²) in [6, 6.07) is -0.990. The highest BCUT2D eigenvalue weighted by Gasteiger charge is 2.38. The van der Waals surface area contributed by atoms with Crippen molar-refractivity contribution in [1.82, 2.24) is 0 Å². The van der Waals surface area contributed by atoms with E-state index in [1.165, 1.54) is 0 Å². The third-order valence-corrected chi connectivity index (χ3v) is 2.55. The van der Waals surface area contributed by atoms with Crippen molar-refractivity contribution in [2.75, 3.05) is 0 Å². The first kappa shape index (κ1) is 10.4. The maximum atomic E-state index is 12.7. The molecule has 76 valence electrons. The Morgan fingerprint density at radius 1 is 1.46 bits per heavy atom. The third-order valence-electron chi connectivity index (χ3n) is 2.55. The van der Waals surface area contributed by atoms with Crippen LogP contribution in [0.2, 0.25) is 0 Å². The Kier molecular flexibility index (Phi) is 2.85. The van der Waals surface area contributed by atoms with Crippen LogP contribution in [0.15, 0.2) is 0 Å². The van der Waals surface area contributed by atoms with Crippen molar-refractivity contribution < 1.29 is 18.7 Å². The van der Waals surface area contributed by atoms with E-state index in [1.807, 2.05) is 0 Å². The lowest BCUT2D eigenvalue weighted by molar-refractivity contribution is -0.141.